The van der Waals surface area contributed by atoms with E-state index in [-0.39, 0.29) is 5.82 Å². The zero-order valence-corrected chi connectivity index (χ0v) is 12.3. The Balaban J connectivity index is 1.89. The van der Waals surface area contributed by atoms with Gasteiger partial charge in [-0.2, -0.15) is 0 Å². The van der Waals surface area contributed by atoms with Gasteiger partial charge in [0.1, 0.15) is 5.82 Å². The minimum absolute atomic E-state index is 0.211. The Labute approximate surface area is 124 Å². The molecule has 0 unspecified atom stereocenters. The molecular formula is C14H22FN5O. The molecule has 0 spiro atoms. The second-order valence-corrected chi connectivity index (χ2v) is 4.79. The van der Waals surface area contributed by atoms with Gasteiger partial charge in [0, 0.05) is 39.0 Å². The van der Waals surface area contributed by atoms with Crippen molar-refractivity contribution in [3.8, 4) is 0 Å². The number of nitrogens with zero attached hydrogens (tertiary/aromatic N) is 3. The summed E-state index contributed by atoms with van der Waals surface area (Å²) in [4.78, 5) is 8.71. The van der Waals surface area contributed by atoms with Crippen molar-refractivity contribution in [1.82, 2.24) is 10.3 Å². The molecule has 1 aromatic rings. The molecule has 1 aliphatic heterocycles. The fraction of sp³-hybridized carbons (Fsp3) is 0.500. The first kappa shape index (κ1) is 15.5. The van der Waals surface area contributed by atoms with E-state index in [1.807, 2.05) is 0 Å². The monoisotopic (exact) mass is 295 g/mol. The van der Waals surface area contributed by atoms with Crippen LogP contribution in [0.5, 0.6) is 0 Å². The summed E-state index contributed by atoms with van der Waals surface area (Å²) in [5.74, 6) is 6.00. The molecule has 7 heteroatoms. The van der Waals surface area contributed by atoms with Crippen molar-refractivity contribution < 1.29 is 9.13 Å². The standard InChI is InChI=1S/C14H22FN5O/c1-21-11-6-17-14(18-16)20-9-7-19(8-10-20)13-4-2-12(15)3-5-13/h2-5H,6-11,16H2,1H3,(H,17,18). The van der Waals surface area contributed by atoms with Gasteiger partial charge in [0.05, 0.1) is 13.2 Å². The lowest BCUT2D eigenvalue weighted by Crippen LogP contribution is -2.54. The van der Waals surface area contributed by atoms with Crippen LogP contribution in [0.1, 0.15) is 0 Å². The van der Waals surface area contributed by atoms with E-state index in [2.05, 4.69) is 20.2 Å². The van der Waals surface area contributed by atoms with E-state index < -0.39 is 0 Å². The predicted molar refractivity (Wildman–Crippen MR) is 81.7 cm³/mol. The molecule has 3 N–H and O–H groups in total. The van der Waals surface area contributed by atoms with Gasteiger partial charge in [-0.1, -0.05) is 0 Å². The van der Waals surface area contributed by atoms with Crippen LogP contribution in [-0.4, -0.2) is 57.3 Å². The van der Waals surface area contributed by atoms with Crippen molar-refractivity contribution in [1.29, 1.82) is 0 Å². The molecule has 1 aromatic carbocycles. The Kier molecular flexibility index (Phi) is 5.77. The number of guanidine groups is 1. The number of aliphatic imine (C=N–C) groups is 1. The van der Waals surface area contributed by atoms with Crippen molar-refractivity contribution in [2.75, 3.05) is 51.3 Å². The number of halogens is 1. The minimum Gasteiger partial charge on any atom is -0.383 e. The van der Waals surface area contributed by atoms with Crippen molar-refractivity contribution in [3.05, 3.63) is 30.1 Å². The first-order chi connectivity index (χ1) is 10.2. The fourth-order valence-corrected chi connectivity index (χ4v) is 2.31. The van der Waals surface area contributed by atoms with E-state index in [0.717, 1.165) is 31.9 Å². The lowest BCUT2D eigenvalue weighted by molar-refractivity contribution is 0.207. The van der Waals surface area contributed by atoms with Gasteiger partial charge >= 0.3 is 0 Å². The third-order valence-corrected chi connectivity index (χ3v) is 3.46. The van der Waals surface area contributed by atoms with Crippen molar-refractivity contribution >= 4 is 11.6 Å². The summed E-state index contributed by atoms with van der Waals surface area (Å²) >= 11 is 0. The van der Waals surface area contributed by atoms with Crippen LogP contribution in [-0.2, 0) is 4.74 Å². The van der Waals surface area contributed by atoms with Crippen LogP contribution in [0.25, 0.3) is 0 Å². The number of hydrogen-bond acceptors (Lipinski definition) is 4. The molecule has 0 bridgehead atoms. The number of benzene rings is 1. The molecule has 1 saturated heterocycles. The lowest BCUT2D eigenvalue weighted by atomic mass is 10.2. The third kappa shape index (κ3) is 4.30. The van der Waals surface area contributed by atoms with Crippen molar-refractivity contribution in [3.63, 3.8) is 0 Å². The number of methoxy groups -OCH3 is 1. The highest BCUT2D eigenvalue weighted by molar-refractivity contribution is 5.79. The number of anilines is 1. The first-order valence-electron chi connectivity index (χ1n) is 7.00. The minimum atomic E-state index is -0.211. The van der Waals surface area contributed by atoms with E-state index in [9.17, 15) is 4.39 Å². The maximum Gasteiger partial charge on any atom is 0.208 e. The summed E-state index contributed by atoms with van der Waals surface area (Å²) in [5, 5.41) is 0. The Bertz CT molecular complexity index is 457. The van der Waals surface area contributed by atoms with Crippen LogP contribution in [0, 0.1) is 5.82 Å². The van der Waals surface area contributed by atoms with Crippen LogP contribution in [0.15, 0.2) is 29.3 Å². The maximum absolute atomic E-state index is 12.9. The molecule has 0 amide bonds. The van der Waals surface area contributed by atoms with Crippen LogP contribution in [0.2, 0.25) is 0 Å². The second-order valence-electron chi connectivity index (χ2n) is 4.79. The number of piperazine rings is 1. The number of hydrazine groups is 1. The molecule has 1 aliphatic rings. The summed E-state index contributed by atoms with van der Waals surface area (Å²) in [7, 11) is 1.65. The summed E-state index contributed by atoms with van der Waals surface area (Å²) < 4.78 is 17.9. The second kappa shape index (κ2) is 7.80. The third-order valence-electron chi connectivity index (χ3n) is 3.46. The maximum atomic E-state index is 12.9. The molecule has 1 heterocycles. The normalized spacial score (nSPS) is 16.2. The summed E-state index contributed by atoms with van der Waals surface area (Å²) in [6.07, 6.45) is 0. The van der Waals surface area contributed by atoms with Gasteiger partial charge in [0.2, 0.25) is 5.96 Å². The number of rotatable bonds is 4. The summed E-state index contributed by atoms with van der Waals surface area (Å²) in [6, 6.07) is 6.58. The summed E-state index contributed by atoms with van der Waals surface area (Å²) in [5.41, 5.74) is 3.68. The molecule has 1 fully saturated rings. The van der Waals surface area contributed by atoms with Crippen molar-refractivity contribution in [2.45, 2.75) is 0 Å². The predicted octanol–water partition coefficient (Wildman–Crippen LogP) is 0.413. The molecule has 0 aliphatic carbocycles. The van der Waals surface area contributed by atoms with Gasteiger partial charge in [-0.05, 0) is 24.3 Å². The largest absolute Gasteiger partial charge is 0.383 e. The molecular weight excluding hydrogens is 273 g/mol. The van der Waals surface area contributed by atoms with E-state index in [1.54, 1.807) is 19.2 Å². The molecule has 2 rings (SSSR count). The van der Waals surface area contributed by atoms with E-state index in [4.69, 9.17) is 10.6 Å². The molecule has 0 saturated carbocycles. The number of hydrogen-bond donors (Lipinski definition) is 2. The highest BCUT2D eigenvalue weighted by Crippen LogP contribution is 2.16. The van der Waals surface area contributed by atoms with Crippen LogP contribution >= 0.6 is 0 Å². The first-order valence-corrected chi connectivity index (χ1v) is 7.00. The Morgan fingerprint density at radius 1 is 1.29 bits per heavy atom. The molecule has 0 atom stereocenters. The zero-order valence-electron chi connectivity index (χ0n) is 12.3. The van der Waals surface area contributed by atoms with E-state index >= 15 is 0 Å². The molecule has 116 valence electrons. The van der Waals surface area contributed by atoms with Gasteiger partial charge < -0.3 is 14.5 Å². The average molecular weight is 295 g/mol. The Morgan fingerprint density at radius 3 is 2.52 bits per heavy atom. The quantitative estimate of drug-likeness (QED) is 0.277. The lowest BCUT2D eigenvalue weighted by Gasteiger charge is -2.37. The highest BCUT2D eigenvalue weighted by atomic mass is 19.1. The van der Waals surface area contributed by atoms with Gasteiger partial charge in [0.15, 0.2) is 0 Å². The topological polar surface area (TPSA) is 66.1 Å². The van der Waals surface area contributed by atoms with Crippen LogP contribution < -0.4 is 16.2 Å². The molecule has 0 radical (unpaired) electrons. The smallest absolute Gasteiger partial charge is 0.208 e. The van der Waals surface area contributed by atoms with Gasteiger partial charge in [0.25, 0.3) is 0 Å². The van der Waals surface area contributed by atoms with E-state index in [0.29, 0.717) is 19.1 Å². The molecule has 6 nitrogen and oxygen atoms in total. The van der Waals surface area contributed by atoms with Gasteiger partial charge in [-0.3, -0.25) is 5.43 Å². The average Bonchev–Trinajstić information content (AvgIpc) is 2.53. The van der Waals surface area contributed by atoms with Crippen LogP contribution in [0.4, 0.5) is 10.1 Å². The zero-order chi connectivity index (χ0) is 15.1. The Morgan fingerprint density at radius 2 is 1.95 bits per heavy atom. The number of nitrogens with one attached hydrogen (secondary N) is 1. The SMILES string of the molecule is COCCN=C(NN)N1CCN(c2ccc(F)cc2)CC1. The summed E-state index contributed by atoms with van der Waals surface area (Å²) in [6.45, 7) is 4.46. The number of ether oxygens (including phenoxy) is 1. The van der Waals surface area contributed by atoms with Gasteiger partial charge in [-0.25, -0.2) is 15.2 Å². The molecule has 0 aromatic heterocycles. The number of nitrogens with two attached hydrogens (primary N) is 1. The van der Waals surface area contributed by atoms with Gasteiger partial charge in [-0.15, -0.1) is 0 Å². The van der Waals surface area contributed by atoms with Crippen LogP contribution in [0.3, 0.4) is 0 Å². The van der Waals surface area contributed by atoms with Crippen molar-refractivity contribution in [2.24, 2.45) is 10.8 Å². The highest BCUT2D eigenvalue weighted by Gasteiger charge is 2.19. The molecule has 21 heavy (non-hydrogen) atoms. The Hall–Kier alpha value is -1.86. The van der Waals surface area contributed by atoms with E-state index in [1.165, 1.54) is 12.1 Å². The fourth-order valence-electron chi connectivity index (χ4n) is 2.31.